The molecule has 0 radical (unpaired) electrons. The Labute approximate surface area is 119 Å². The van der Waals surface area contributed by atoms with Gasteiger partial charge in [-0.3, -0.25) is 9.88 Å². The van der Waals surface area contributed by atoms with Gasteiger partial charge in [0.15, 0.2) is 0 Å². The standard InChI is InChI=1S/C16H20FN3/c1-2-20(12-15-5-3-4-8-19-15)11-13-6-7-16(17)14(9-13)10-18/h3-9H,2,10-12,18H2,1H3. The number of hydrogen-bond donors (Lipinski definition) is 1. The maximum Gasteiger partial charge on any atom is 0.127 e. The molecule has 0 unspecified atom stereocenters. The van der Waals surface area contributed by atoms with Gasteiger partial charge in [0, 0.05) is 31.4 Å². The van der Waals surface area contributed by atoms with E-state index >= 15 is 0 Å². The van der Waals surface area contributed by atoms with Gasteiger partial charge < -0.3 is 5.73 Å². The van der Waals surface area contributed by atoms with E-state index in [-0.39, 0.29) is 12.4 Å². The van der Waals surface area contributed by atoms with Crippen LogP contribution in [0.4, 0.5) is 4.39 Å². The lowest BCUT2D eigenvalue weighted by molar-refractivity contribution is 0.268. The molecule has 0 aliphatic carbocycles. The molecule has 0 aliphatic heterocycles. The highest BCUT2D eigenvalue weighted by Gasteiger charge is 2.08. The summed E-state index contributed by atoms with van der Waals surface area (Å²) < 4.78 is 13.4. The first kappa shape index (κ1) is 14.6. The Hall–Kier alpha value is -1.78. The molecule has 2 aromatic rings. The van der Waals surface area contributed by atoms with Crippen molar-refractivity contribution in [1.29, 1.82) is 0 Å². The van der Waals surface area contributed by atoms with Crippen molar-refractivity contribution in [3.05, 3.63) is 65.2 Å². The smallest absolute Gasteiger partial charge is 0.127 e. The van der Waals surface area contributed by atoms with Crippen LogP contribution in [0.5, 0.6) is 0 Å². The molecule has 0 saturated carbocycles. The third-order valence-electron chi connectivity index (χ3n) is 3.30. The number of pyridine rings is 1. The van der Waals surface area contributed by atoms with E-state index in [9.17, 15) is 4.39 Å². The summed E-state index contributed by atoms with van der Waals surface area (Å²) in [6, 6.07) is 11.1. The highest BCUT2D eigenvalue weighted by Crippen LogP contribution is 2.13. The molecular formula is C16H20FN3. The molecule has 0 saturated heterocycles. The molecule has 0 bridgehead atoms. The fourth-order valence-corrected chi connectivity index (χ4v) is 2.14. The van der Waals surface area contributed by atoms with Crippen molar-refractivity contribution in [3.63, 3.8) is 0 Å². The molecule has 3 nitrogen and oxygen atoms in total. The minimum Gasteiger partial charge on any atom is -0.326 e. The van der Waals surface area contributed by atoms with Gasteiger partial charge in [0.2, 0.25) is 0 Å². The molecule has 106 valence electrons. The lowest BCUT2D eigenvalue weighted by Crippen LogP contribution is -2.23. The predicted molar refractivity (Wildman–Crippen MR) is 78.3 cm³/mol. The number of halogens is 1. The molecule has 1 heterocycles. The topological polar surface area (TPSA) is 42.1 Å². The maximum absolute atomic E-state index is 13.4. The van der Waals surface area contributed by atoms with Crippen LogP contribution in [0.2, 0.25) is 0 Å². The summed E-state index contributed by atoms with van der Waals surface area (Å²) in [7, 11) is 0. The molecule has 0 spiro atoms. The van der Waals surface area contributed by atoms with Crippen molar-refractivity contribution in [1.82, 2.24) is 9.88 Å². The third-order valence-corrected chi connectivity index (χ3v) is 3.30. The van der Waals surface area contributed by atoms with Crippen LogP contribution < -0.4 is 5.73 Å². The summed E-state index contributed by atoms with van der Waals surface area (Å²) in [5, 5.41) is 0. The van der Waals surface area contributed by atoms with Crippen LogP contribution in [-0.4, -0.2) is 16.4 Å². The molecule has 0 fully saturated rings. The molecule has 4 heteroatoms. The van der Waals surface area contributed by atoms with Gasteiger partial charge in [-0.05, 0) is 30.3 Å². The highest BCUT2D eigenvalue weighted by atomic mass is 19.1. The quantitative estimate of drug-likeness (QED) is 0.880. The number of benzene rings is 1. The summed E-state index contributed by atoms with van der Waals surface area (Å²) in [5.41, 5.74) is 8.22. The Morgan fingerprint density at radius 3 is 2.70 bits per heavy atom. The predicted octanol–water partition coefficient (Wildman–Crippen LogP) is 2.70. The zero-order valence-corrected chi connectivity index (χ0v) is 11.7. The molecule has 20 heavy (non-hydrogen) atoms. The second-order valence-electron chi connectivity index (χ2n) is 4.75. The summed E-state index contributed by atoms with van der Waals surface area (Å²) in [6.07, 6.45) is 1.80. The zero-order chi connectivity index (χ0) is 14.4. The van der Waals surface area contributed by atoms with Gasteiger partial charge in [-0.15, -0.1) is 0 Å². The third kappa shape index (κ3) is 3.85. The number of hydrogen-bond acceptors (Lipinski definition) is 3. The summed E-state index contributed by atoms with van der Waals surface area (Å²) >= 11 is 0. The Balaban J connectivity index is 2.06. The van der Waals surface area contributed by atoms with Crippen molar-refractivity contribution < 1.29 is 4.39 Å². The van der Waals surface area contributed by atoms with Crippen molar-refractivity contribution in [2.45, 2.75) is 26.6 Å². The highest BCUT2D eigenvalue weighted by molar-refractivity contribution is 5.25. The number of rotatable bonds is 6. The van der Waals surface area contributed by atoms with E-state index < -0.39 is 0 Å². The fourth-order valence-electron chi connectivity index (χ4n) is 2.14. The molecule has 0 aliphatic rings. The Kier molecular flexibility index (Phi) is 5.21. The summed E-state index contributed by atoms with van der Waals surface area (Å²) in [5.74, 6) is -0.232. The first-order valence-electron chi connectivity index (χ1n) is 6.82. The lowest BCUT2D eigenvalue weighted by atomic mass is 10.1. The average molecular weight is 273 g/mol. The van der Waals surface area contributed by atoms with Crippen LogP contribution in [0.1, 0.15) is 23.7 Å². The minimum absolute atomic E-state index is 0.228. The average Bonchev–Trinajstić information content (AvgIpc) is 2.49. The van der Waals surface area contributed by atoms with E-state index in [1.54, 1.807) is 6.20 Å². The van der Waals surface area contributed by atoms with E-state index in [1.807, 2.05) is 30.3 Å². The Bertz CT molecular complexity index is 543. The van der Waals surface area contributed by atoms with Crippen molar-refractivity contribution in [2.24, 2.45) is 5.73 Å². The van der Waals surface area contributed by atoms with Gasteiger partial charge in [0.05, 0.1) is 5.69 Å². The van der Waals surface area contributed by atoms with Crippen LogP contribution in [0, 0.1) is 5.82 Å². The van der Waals surface area contributed by atoms with Crippen LogP contribution in [0.15, 0.2) is 42.6 Å². The molecule has 1 aromatic carbocycles. The zero-order valence-electron chi connectivity index (χ0n) is 11.7. The summed E-state index contributed by atoms with van der Waals surface area (Å²) in [6.45, 7) is 4.79. The van der Waals surface area contributed by atoms with E-state index in [1.165, 1.54) is 6.07 Å². The van der Waals surface area contributed by atoms with E-state index in [0.29, 0.717) is 5.56 Å². The monoisotopic (exact) mass is 273 g/mol. The van der Waals surface area contributed by atoms with Crippen molar-refractivity contribution >= 4 is 0 Å². The van der Waals surface area contributed by atoms with E-state index in [2.05, 4.69) is 16.8 Å². The first-order valence-corrected chi connectivity index (χ1v) is 6.82. The number of nitrogens with zero attached hydrogens (tertiary/aromatic N) is 2. The first-order chi connectivity index (χ1) is 9.72. The van der Waals surface area contributed by atoms with Crippen molar-refractivity contribution in [3.8, 4) is 0 Å². The second kappa shape index (κ2) is 7.12. The van der Waals surface area contributed by atoms with Crippen molar-refractivity contribution in [2.75, 3.05) is 6.54 Å². The fraction of sp³-hybridized carbons (Fsp3) is 0.312. The molecule has 1 aromatic heterocycles. The second-order valence-corrected chi connectivity index (χ2v) is 4.75. The van der Waals surface area contributed by atoms with Gasteiger partial charge in [0.25, 0.3) is 0 Å². The van der Waals surface area contributed by atoms with Crippen LogP contribution in [0.25, 0.3) is 0 Å². The number of aromatic nitrogens is 1. The largest absolute Gasteiger partial charge is 0.326 e. The molecule has 0 atom stereocenters. The molecule has 2 rings (SSSR count). The van der Waals surface area contributed by atoms with E-state index in [4.69, 9.17) is 5.73 Å². The number of nitrogens with two attached hydrogens (primary N) is 1. The molecular weight excluding hydrogens is 253 g/mol. The van der Waals surface area contributed by atoms with Gasteiger partial charge in [-0.25, -0.2) is 4.39 Å². The van der Waals surface area contributed by atoms with Gasteiger partial charge in [-0.1, -0.05) is 25.1 Å². The van der Waals surface area contributed by atoms with Gasteiger partial charge in [-0.2, -0.15) is 0 Å². The van der Waals surface area contributed by atoms with Crippen LogP contribution >= 0.6 is 0 Å². The van der Waals surface area contributed by atoms with E-state index in [0.717, 1.165) is 30.9 Å². The molecule has 0 amide bonds. The molecule has 2 N–H and O–H groups in total. The van der Waals surface area contributed by atoms with Crippen LogP contribution in [0.3, 0.4) is 0 Å². The Morgan fingerprint density at radius 2 is 2.05 bits per heavy atom. The summed E-state index contributed by atoms with van der Waals surface area (Å²) in [4.78, 5) is 6.59. The SMILES string of the molecule is CCN(Cc1ccc(F)c(CN)c1)Cc1ccccn1. The minimum atomic E-state index is -0.232. The maximum atomic E-state index is 13.4. The Morgan fingerprint density at radius 1 is 1.20 bits per heavy atom. The van der Waals surface area contributed by atoms with Crippen LogP contribution in [-0.2, 0) is 19.6 Å². The van der Waals surface area contributed by atoms with Gasteiger partial charge >= 0.3 is 0 Å². The lowest BCUT2D eigenvalue weighted by Gasteiger charge is -2.20. The van der Waals surface area contributed by atoms with Gasteiger partial charge in [0.1, 0.15) is 5.82 Å². The normalized spacial score (nSPS) is 11.0.